The van der Waals surface area contributed by atoms with Gasteiger partial charge in [-0.3, -0.25) is 9.89 Å². The number of rotatable bonds is 2. The molecule has 90 valence electrons. The molecular formula is C12H10N4O2. The van der Waals surface area contributed by atoms with E-state index in [1.165, 1.54) is 6.26 Å². The number of para-hydroxylation sites is 1. The van der Waals surface area contributed by atoms with Crippen LogP contribution in [0.2, 0.25) is 0 Å². The van der Waals surface area contributed by atoms with Gasteiger partial charge in [-0.25, -0.2) is 0 Å². The fourth-order valence-electron chi connectivity index (χ4n) is 1.71. The first-order valence-corrected chi connectivity index (χ1v) is 5.33. The summed E-state index contributed by atoms with van der Waals surface area (Å²) in [6, 6.07) is 8.57. The largest absolute Gasteiger partial charge is 0.459 e. The molecule has 0 saturated heterocycles. The second-order valence-corrected chi connectivity index (χ2v) is 3.78. The lowest BCUT2D eigenvalue weighted by Crippen LogP contribution is -2.14. The third-order valence-electron chi connectivity index (χ3n) is 2.61. The van der Waals surface area contributed by atoms with Gasteiger partial charge in [0.1, 0.15) is 5.52 Å². The number of H-pyrrole nitrogens is 1. The van der Waals surface area contributed by atoms with Crippen LogP contribution in [0.25, 0.3) is 11.1 Å². The van der Waals surface area contributed by atoms with E-state index < -0.39 is 0 Å². The minimum Gasteiger partial charge on any atom is -0.459 e. The molecule has 0 spiro atoms. The molecule has 0 fully saturated rings. The van der Waals surface area contributed by atoms with Crippen molar-refractivity contribution in [3.63, 3.8) is 0 Å². The molecule has 0 unspecified atom stereocenters. The van der Waals surface area contributed by atoms with Crippen LogP contribution in [0.3, 0.4) is 0 Å². The van der Waals surface area contributed by atoms with Gasteiger partial charge in [-0.1, -0.05) is 12.1 Å². The number of benzene rings is 1. The number of furan rings is 1. The fraction of sp³-hybridized carbons (Fsp3) is 0. The third kappa shape index (κ3) is 1.60. The first-order chi connectivity index (χ1) is 8.75. The minimum absolute atomic E-state index is 0.321. The van der Waals surface area contributed by atoms with Gasteiger partial charge in [-0.2, -0.15) is 5.10 Å². The van der Waals surface area contributed by atoms with Crippen molar-refractivity contribution in [1.29, 1.82) is 0 Å². The summed E-state index contributed by atoms with van der Waals surface area (Å²) in [7, 11) is 0. The molecule has 18 heavy (non-hydrogen) atoms. The van der Waals surface area contributed by atoms with Crippen molar-refractivity contribution in [3.8, 4) is 0 Å². The van der Waals surface area contributed by atoms with Gasteiger partial charge >= 0.3 is 0 Å². The van der Waals surface area contributed by atoms with Crippen molar-refractivity contribution < 1.29 is 9.21 Å². The molecule has 6 heteroatoms. The molecular weight excluding hydrogens is 232 g/mol. The number of nitrogen functional groups attached to an aromatic ring is 1. The number of nitrogens with one attached hydrogen (secondary N) is 2. The van der Waals surface area contributed by atoms with E-state index in [-0.39, 0.29) is 5.91 Å². The van der Waals surface area contributed by atoms with Crippen LogP contribution in [-0.2, 0) is 0 Å². The van der Waals surface area contributed by atoms with E-state index in [1.54, 1.807) is 30.3 Å². The first kappa shape index (κ1) is 10.4. The molecule has 0 aliphatic carbocycles. The van der Waals surface area contributed by atoms with Crippen LogP contribution < -0.4 is 11.1 Å². The number of carbonyl (C=O) groups is 1. The Morgan fingerprint density at radius 3 is 3.00 bits per heavy atom. The Labute approximate surface area is 102 Å². The van der Waals surface area contributed by atoms with E-state index in [0.29, 0.717) is 22.7 Å². The van der Waals surface area contributed by atoms with Crippen LogP contribution in [0.5, 0.6) is 0 Å². The molecule has 3 aromatic rings. The predicted octanol–water partition coefficient (Wildman–Crippen LogP) is 1.99. The van der Waals surface area contributed by atoms with E-state index >= 15 is 0 Å². The number of anilines is 2. The summed E-state index contributed by atoms with van der Waals surface area (Å²) in [4.78, 5) is 12.0. The molecule has 0 atom stereocenters. The maximum absolute atomic E-state index is 12.0. The Kier molecular flexibility index (Phi) is 2.26. The van der Waals surface area contributed by atoms with Crippen molar-refractivity contribution in [2.24, 2.45) is 0 Å². The number of nitrogens with zero attached hydrogens (tertiary/aromatic N) is 1. The van der Waals surface area contributed by atoms with Gasteiger partial charge in [0.05, 0.1) is 11.8 Å². The normalized spacial score (nSPS) is 10.7. The number of hydrogen-bond donors (Lipinski definition) is 3. The number of carbonyl (C=O) groups excluding carboxylic acids is 1. The minimum atomic E-state index is -0.321. The van der Waals surface area contributed by atoms with Crippen LogP contribution in [0.15, 0.2) is 41.0 Å². The van der Waals surface area contributed by atoms with Gasteiger partial charge < -0.3 is 15.5 Å². The van der Waals surface area contributed by atoms with Gasteiger partial charge in [-0.15, -0.1) is 0 Å². The quantitative estimate of drug-likeness (QED) is 0.598. The molecule has 0 aliphatic rings. The highest BCUT2D eigenvalue weighted by atomic mass is 16.3. The third-order valence-corrected chi connectivity index (χ3v) is 2.61. The number of amides is 1. The highest BCUT2D eigenvalue weighted by molar-refractivity contribution is 6.09. The smallest absolute Gasteiger partial charge is 0.259 e. The molecule has 1 amide bonds. The fourth-order valence-corrected chi connectivity index (χ4v) is 1.71. The average Bonchev–Trinajstić information content (AvgIpc) is 2.94. The van der Waals surface area contributed by atoms with Crippen LogP contribution in [-0.4, -0.2) is 16.1 Å². The lowest BCUT2D eigenvalue weighted by atomic mass is 10.1. The molecule has 0 aliphatic heterocycles. The molecule has 3 rings (SSSR count). The van der Waals surface area contributed by atoms with E-state index in [0.717, 1.165) is 5.52 Å². The zero-order valence-electron chi connectivity index (χ0n) is 9.31. The molecule has 1 aromatic carbocycles. The van der Waals surface area contributed by atoms with E-state index in [9.17, 15) is 4.79 Å². The lowest BCUT2D eigenvalue weighted by Gasteiger charge is -2.04. The van der Waals surface area contributed by atoms with Crippen molar-refractivity contribution in [2.45, 2.75) is 0 Å². The Bertz CT molecular complexity index is 714. The van der Waals surface area contributed by atoms with Crippen molar-refractivity contribution in [2.75, 3.05) is 11.1 Å². The number of aromatic nitrogens is 2. The first-order valence-electron chi connectivity index (χ1n) is 5.33. The van der Waals surface area contributed by atoms with Crippen molar-refractivity contribution >= 4 is 28.5 Å². The summed E-state index contributed by atoms with van der Waals surface area (Å²) < 4.78 is 5.22. The lowest BCUT2D eigenvalue weighted by molar-refractivity contribution is 0.102. The zero-order chi connectivity index (χ0) is 12.5. The van der Waals surface area contributed by atoms with E-state index in [2.05, 4.69) is 15.5 Å². The molecule has 0 bridgehead atoms. The standard InChI is InChI=1S/C12H10N4O2/c13-8-4-2-1-3-7(8)12(17)14-11-10-9(15-16-11)5-6-18-10/h1-6H,13H2,(H2,14,15,16,17). The molecule has 0 radical (unpaired) electrons. The number of fused-ring (bicyclic) bond motifs is 1. The molecule has 0 saturated carbocycles. The summed E-state index contributed by atoms with van der Waals surface area (Å²) in [6.45, 7) is 0. The van der Waals surface area contributed by atoms with Crippen LogP contribution in [0.4, 0.5) is 11.5 Å². The maximum atomic E-state index is 12.0. The summed E-state index contributed by atoms with van der Waals surface area (Å²) in [5, 5.41) is 9.36. The molecule has 6 nitrogen and oxygen atoms in total. The highest BCUT2D eigenvalue weighted by Crippen LogP contribution is 2.22. The SMILES string of the molecule is Nc1ccccc1C(=O)Nc1n[nH]c2ccoc12. The summed E-state index contributed by atoms with van der Waals surface area (Å²) in [5.41, 5.74) is 7.79. The van der Waals surface area contributed by atoms with Gasteiger partial charge in [0.25, 0.3) is 5.91 Å². The summed E-state index contributed by atoms with van der Waals surface area (Å²) in [5.74, 6) is 0.0288. The Hall–Kier alpha value is -2.76. The second-order valence-electron chi connectivity index (χ2n) is 3.78. The van der Waals surface area contributed by atoms with Gasteiger partial charge in [0, 0.05) is 11.8 Å². The van der Waals surface area contributed by atoms with Crippen molar-refractivity contribution in [3.05, 3.63) is 42.2 Å². The molecule has 2 heterocycles. The summed E-state index contributed by atoms with van der Waals surface area (Å²) >= 11 is 0. The second kappa shape index (κ2) is 3.92. The maximum Gasteiger partial charge on any atom is 0.259 e. The van der Waals surface area contributed by atoms with E-state index in [4.69, 9.17) is 10.2 Å². The van der Waals surface area contributed by atoms with Crippen LogP contribution >= 0.6 is 0 Å². The predicted molar refractivity (Wildman–Crippen MR) is 67.2 cm³/mol. The Balaban J connectivity index is 1.92. The number of hydrogen-bond acceptors (Lipinski definition) is 4. The van der Waals surface area contributed by atoms with Gasteiger partial charge in [0.2, 0.25) is 0 Å². The number of nitrogens with two attached hydrogens (primary N) is 1. The van der Waals surface area contributed by atoms with E-state index in [1.807, 2.05) is 0 Å². The zero-order valence-corrected chi connectivity index (χ0v) is 9.31. The highest BCUT2D eigenvalue weighted by Gasteiger charge is 2.14. The summed E-state index contributed by atoms with van der Waals surface area (Å²) in [6.07, 6.45) is 1.52. The van der Waals surface area contributed by atoms with Crippen molar-refractivity contribution in [1.82, 2.24) is 10.2 Å². The van der Waals surface area contributed by atoms with Gasteiger partial charge in [0.15, 0.2) is 11.4 Å². The monoisotopic (exact) mass is 242 g/mol. The number of aromatic amines is 1. The van der Waals surface area contributed by atoms with Gasteiger partial charge in [-0.05, 0) is 12.1 Å². The topological polar surface area (TPSA) is 96.9 Å². The van der Waals surface area contributed by atoms with Crippen LogP contribution in [0, 0.1) is 0 Å². The average molecular weight is 242 g/mol. The van der Waals surface area contributed by atoms with Crippen LogP contribution in [0.1, 0.15) is 10.4 Å². The Morgan fingerprint density at radius 2 is 2.17 bits per heavy atom. The Morgan fingerprint density at radius 1 is 1.33 bits per heavy atom. The molecule has 4 N–H and O–H groups in total. The molecule has 2 aromatic heterocycles.